The van der Waals surface area contributed by atoms with Crippen molar-refractivity contribution in [2.75, 3.05) is 18.0 Å². The molecule has 0 amide bonds. The zero-order chi connectivity index (χ0) is 13.1. The van der Waals surface area contributed by atoms with Crippen molar-refractivity contribution in [2.45, 2.75) is 33.1 Å². The second-order valence-corrected chi connectivity index (χ2v) is 5.10. The molecule has 3 N–H and O–H groups in total. The van der Waals surface area contributed by atoms with Gasteiger partial charge in [-0.25, -0.2) is 4.98 Å². The summed E-state index contributed by atoms with van der Waals surface area (Å²) in [5.41, 5.74) is 7.40. The Morgan fingerprint density at radius 3 is 3.00 bits per heavy atom. The fraction of sp³-hybridized carbons (Fsp3) is 0.571. The predicted molar refractivity (Wildman–Crippen MR) is 75.2 cm³/mol. The van der Waals surface area contributed by atoms with Gasteiger partial charge in [-0.05, 0) is 37.8 Å². The maximum absolute atomic E-state index is 7.67. The highest BCUT2D eigenvalue weighted by molar-refractivity contribution is 5.99. The van der Waals surface area contributed by atoms with E-state index in [-0.39, 0.29) is 5.84 Å². The summed E-state index contributed by atoms with van der Waals surface area (Å²) < 4.78 is 0. The molecule has 1 unspecified atom stereocenters. The van der Waals surface area contributed by atoms with Gasteiger partial charge in [-0.2, -0.15) is 0 Å². The van der Waals surface area contributed by atoms with Crippen LogP contribution < -0.4 is 10.6 Å². The van der Waals surface area contributed by atoms with Gasteiger partial charge < -0.3 is 10.6 Å². The molecule has 2 heterocycles. The second kappa shape index (κ2) is 5.38. The van der Waals surface area contributed by atoms with Crippen LogP contribution >= 0.6 is 0 Å². The summed E-state index contributed by atoms with van der Waals surface area (Å²) in [6, 6.07) is 3.83. The Balaban J connectivity index is 2.31. The highest BCUT2D eigenvalue weighted by atomic mass is 15.2. The van der Waals surface area contributed by atoms with Gasteiger partial charge in [0.25, 0.3) is 0 Å². The molecule has 0 aromatic carbocycles. The summed E-state index contributed by atoms with van der Waals surface area (Å²) in [6.07, 6.45) is 3.71. The molecule has 1 aliphatic heterocycles. The molecular formula is C14H22N4. The van der Waals surface area contributed by atoms with Crippen LogP contribution in [0.3, 0.4) is 0 Å². The Hall–Kier alpha value is -1.58. The quantitative estimate of drug-likeness (QED) is 0.635. The summed E-state index contributed by atoms with van der Waals surface area (Å²) in [7, 11) is 0. The minimum atomic E-state index is 0.108. The van der Waals surface area contributed by atoms with Crippen LogP contribution in [0.1, 0.15) is 37.4 Å². The SMILES string of the molecule is CCC1CCCN(c2nc(C)ccc2C(=N)N)C1. The average Bonchev–Trinajstić information content (AvgIpc) is 2.38. The number of rotatable bonds is 3. The summed E-state index contributed by atoms with van der Waals surface area (Å²) >= 11 is 0. The van der Waals surface area contributed by atoms with Crippen LogP contribution in [-0.4, -0.2) is 23.9 Å². The lowest BCUT2D eigenvalue weighted by molar-refractivity contribution is 0.403. The van der Waals surface area contributed by atoms with Crippen molar-refractivity contribution in [3.8, 4) is 0 Å². The van der Waals surface area contributed by atoms with Crippen LogP contribution in [0.25, 0.3) is 0 Å². The summed E-state index contributed by atoms with van der Waals surface area (Å²) in [4.78, 5) is 6.88. The minimum Gasteiger partial charge on any atom is -0.384 e. The largest absolute Gasteiger partial charge is 0.384 e. The first-order valence-corrected chi connectivity index (χ1v) is 6.68. The molecule has 2 rings (SSSR count). The molecule has 1 atom stereocenters. The van der Waals surface area contributed by atoms with E-state index in [1.54, 1.807) is 0 Å². The molecule has 18 heavy (non-hydrogen) atoms. The van der Waals surface area contributed by atoms with E-state index in [1.165, 1.54) is 19.3 Å². The predicted octanol–water partition coefficient (Wildman–Crippen LogP) is 2.30. The first-order chi connectivity index (χ1) is 8.61. The minimum absolute atomic E-state index is 0.108. The highest BCUT2D eigenvalue weighted by Crippen LogP contribution is 2.26. The van der Waals surface area contributed by atoms with E-state index < -0.39 is 0 Å². The van der Waals surface area contributed by atoms with E-state index in [0.29, 0.717) is 0 Å². The van der Waals surface area contributed by atoms with Crippen molar-refractivity contribution in [1.29, 1.82) is 5.41 Å². The van der Waals surface area contributed by atoms with E-state index in [0.717, 1.165) is 36.1 Å². The lowest BCUT2D eigenvalue weighted by Gasteiger charge is -2.34. The number of aryl methyl sites for hydroxylation is 1. The van der Waals surface area contributed by atoms with E-state index >= 15 is 0 Å². The molecular weight excluding hydrogens is 224 g/mol. The summed E-state index contributed by atoms with van der Waals surface area (Å²) in [6.45, 7) is 6.28. The van der Waals surface area contributed by atoms with Crippen molar-refractivity contribution >= 4 is 11.7 Å². The molecule has 4 nitrogen and oxygen atoms in total. The first-order valence-electron chi connectivity index (χ1n) is 6.68. The number of aromatic nitrogens is 1. The fourth-order valence-electron chi connectivity index (χ4n) is 2.58. The van der Waals surface area contributed by atoms with Crippen LogP contribution in [0.5, 0.6) is 0 Å². The van der Waals surface area contributed by atoms with Crippen molar-refractivity contribution in [3.05, 3.63) is 23.4 Å². The third kappa shape index (κ3) is 2.63. The van der Waals surface area contributed by atoms with Crippen molar-refractivity contribution < 1.29 is 0 Å². The molecule has 0 radical (unpaired) electrons. The number of amidine groups is 1. The molecule has 98 valence electrons. The monoisotopic (exact) mass is 246 g/mol. The van der Waals surface area contributed by atoms with E-state index in [9.17, 15) is 0 Å². The number of nitrogen functional groups attached to an aromatic ring is 1. The zero-order valence-corrected chi connectivity index (χ0v) is 11.2. The number of pyridine rings is 1. The van der Waals surface area contributed by atoms with Gasteiger partial charge in [0.05, 0.1) is 5.56 Å². The van der Waals surface area contributed by atoms with Crippen LogP contribution in [0.15, 0.2) is 12.1 Å². The van der Waals surface area contributed by atoms with Crippen LogP contribution in [0, 0.1) is 18.3 Å². The molecule has 0 spiro atoms. The number of nitrogens with one attached hydrogen (secondary N) is 1. The Labute approximate surface area is 109 Å². The van der Waals surface area contributed by atoms with Crippen LogP contribution in [0.2, 0.25) is 0 Å². The molecule has 0 bridgehead atoms. The molecule has 0 aliphatic carbocycles. The van der Waals surface area contributed by atoms with Crippen molar-refractivity contribution in [2.24, 2.45) is 11.7 Å². The number of nitrogens with two attached hydrogens (primary N) is 1. The van der Waals surface area contributed by atoms with Gasteiger partial charge >= 0.3 is 0 Å². The van der Waals surface area contributed by atoms with Crippen LogP contribution in [-0.2, 0) is 0 Å². The Kier molecular flexibility index (Phi) is 3.84. The Morgan fingerprint density at radius 1 is 1.56 bits per heavy atom. The van der Waals surface area contributed by atoms with E-state index in [1.807, 2.05) is 19.1 Å². The molecule has 1 aliphatic rings. The lowest BCUT2D eigenvalue weighted by atomic mass is 9.95. The smallest absolute Gasteiger partial charge is 0.139 e. The fourth-order valence-corrected chi connectivity index (χ4v) is 2.58. The maximum Gasteiger partial charge on any atom is 0.139 e. The van der Waals surface area contributed by atoms with E-state index in [4.69, 9.17) is 11.1 Å². The topological polar surface area (TPSA) is 66.0 Å². The zero-order valence-electron chi connectivity index (χ0n) is 11.2. The molecule has 0 saturated carbocycles. The van der Waals surface area contributed by atoms with Crippen molar-refractivity contribution in [1.82, 2.24) is 4.98 Å². The van der Waals surface area contributed by atoms with Gasteiger partial charge in [-0.15, -0.1) is 0 Å². The molecule has 1 fully saturated rings. The maximum atomic E-state index is 7.67. The number of hydrogen-bond donors (Lipinski definition) is 2. The van der Waals surface area contributed by atoms with Gasteiger partial charge in [0, 0.05) is 18.8 Å². The van der Waals surface area contributed by atoms with E-state index in [2.05, 4.69) is 16.8 Å². The first kappa shape index (κ1) is 12.9. The third-order valence-electron chi connectivity index (χ3n) is 3.70. The Morgan fingerprint density at radius 2 is 2.33 bits per heavy atom. The molecule has 4 heteroatoms. The number of anilines is 1. The second-order valence-electron chi connectivity index (χ2n) is 5.10. The van der Waals surface area contributed by atoms with Gasteiger partial charge in [-0.1, -0.05) is 13.3 Å². The van der Waals surface area contributed by atoms with Gasteiger partial charge in [0.1, 0.15) is 11.7 Å². The number of piperidine rings is 1. The standard InChI is InChI=1S/C14H22N4/c1-3-11-5-4-8-18(9-11)14-12(13(15)16)7-6-10(2)17-14/h6-7,11H,3-5,8-9H2,1-2H3,(H3,15,16). The third-order valence-corrected chi connectivity index (χ3v) is 3.70. The summed E-state index contributed by atoms with van der Waals surface area (Å²) in [5.74, 6) is 1.73. The highest BCUT2D eigenvalue weighted by Gasteiger charge is 2.22. The van der Waals surface area contributed by atoms with Crippen LogP contribution in [0.4, 0.5) is 5.82 Å². The lowest BCUT2D eigenvalue weighted by Crippen LogP contribution is -2.37. The van der Waals surface area contributed by atoms with Gasteiger partial charge in [-0.3, -0.25) is 5.41 Å². The number of nitrogens with zero attached hydrogens (tertiary/aromatic N) is 2. The Bertz CT molecular complexity index is 441. The molecule has 1 saturated heterocycles. The normalized spacial score (nSPS) is 19.9. The molecule has 1 aromatic heterocycles. The van der Waals surface area contributed by atoms with Crippen molar-refractivity contribution in [3.63, 3.8) is 0 Å². The number of hydrogen-bond acceptors (Lipinski definition) is 3. The molecule has 1 aromatic rings. The summed E-state index contributed by atoms with van der Waals surface area (Å²) in [5, 5.41) is 7.67. The average molecular weight is 246 g/mol. The van der Waals surface area contributed by atoms with Gasteiger partial charge in [0.15, 0.2) is 0 Å². The van der Waals surface area contributed by atoms with Gasteiger partial charge in [0.2, 0.25) is 0 Å².